The number of rotatable bonds is 2. The van der Waals surface area contributed by atoms with Gasteiger partial charge in [0.15, 0.2) is 17.2 Å². The predicted molar refractivity (Wildman–Crippen MR) is 134 cm³/mol. The molecule has 1 atom stereocenters. The molecule has 10 heteroatoms. The first-order chi connectivity index (χ1) is 17.6. The molecule has 36 heavy (non-hydrogen) atoms. The zero-order chi connectivity index (χ0) is 24.4. The molecule has 0 N–H and O–H groups in total. The van der Waals surface area contributed by atoms with E-state index in [2.05, 4.69) is 15.1 Å². The first kappa shape index (κ1) is 21.0. The number of aromatic nitrogens is 5. The van der Waals surface area contributed by atoms with Gasteiger partial charge in [-0.3, -0.25) is 4.98 Å². The molecule has 1 aliphatic rings. The summed E-state index contributed by atoms with van der Waals surface area (Å²) in [5.74, 6) is 0.424. The van der Waals surface area contributed by atoms with E-state index in [1.807, 2.05) is 18.2 Å². The van der Waals surface area contributed by atoms with Gasteiger partial charge in [-0.05, 0) is 42.0 Å². The highest BCUT2D eigenvalue weighted by molar-refractivity contribution is 6.35. The van der Waals surface area contributed by atoms with E-state index >= 15 is 0 Å². The van der Waals surface area contributed by atoms with Crippen molar-refractivity contribution >= 4 is 39.8 Å². The number of pyridine rings is 1. The van der Waals surface area contributed by atoms with Gasteiger partial charge in [0.25, 0.3) is 0 Å². The highest BCUT2D eigenvalue weighted by atomic mass is 35.5. The lowest BCUT2D eigenvalue weighted by molar-refractivity contribution is 0.422. The standard InChI is InChI=1S/C26H13Cl2N5O3/c27-14-7-8-15(17(28)10-14)19-20-22(16-5-1-2-6-18(16)35-26(20)34)36-25-21(19)24-31-23(32-33(24)12-30-25)13-4-3-9-29-11-13/h1-12,19H. The number of hydrogen-bond donors (Lipinski definition) is 0. The van der Waals surface area contributed by atoms with Crippen LogP contribution in [0.2, 0.25) is 10.0 Å². The average molecular weight is 514 g/mol. The number of para-hydroxylation sites is 1. The number of halogens is 2. The Bertz CT molecular complexity index is 1880. The van der Waals surface area contributed by atoms with Gasteiger partial charge in [0.1, 0.15) is 11.9 Å². The zero-order valence-corrected chi connectivity index (χ0v) is 19.7. The lowest BCUT2D eigenvalue weighted by Crippen LogP contribution is -2.22. The zero-order valence-electron chi connectivity index (χ0n) is 18.2. The van der Waals surface area contributed by atoms with Crippen molar-refractivity contribution < 1.29 is 9.15 Å². The molecule has 4 aromatic heterocycles. The maximum absolute atomic E-state index is 13.4. The number of benzene rings is 2. The highest BCUT2D eigenvalue weighted by Gasteiger charge is 2.38. The van der Waals surface area contributed by atoms with Gasteiger partial charge in [-0.25, -0.2) is 19.3 Å². The third kappa shape index (κ3) is 3.12. The second-order valence-corrected chi connectivity index (χ2v) is 9.08. The van der Waals surface area contributed by atoms with Crippen molar-refractivity contribution in [3.05, 3.63) is 110 Å². The van der Waals surface area contributed by atoms with E-state index in [0.717, 1.165) is 5.56 Å². The lowest BCUT2D eigenvalue weighted by atomic mass is 9.84. The quantitative estimate of drug-likeness (QED) is 0.266. The monoisotopic (exact) mass is 513 g/mol. The van der Waals surface area contributed by atoms with Crippen LogP contribution in [0.3, 0.4) is 0 Å². The van der Waals surface area contributed by atoms with Crippen molar-refractivity contribution in [1.82, 2.24) is 24.6 Å². The van der Waals surface area contributed by atoms with Gasteiger partial charge in [-0.1, -0.05) is 41.4 Å². The van der Waals surface area contributed by atoms with Gasteiger partial charge in [-0.15, -0.1) is 5.10 Å². The number of hydrogen-bond acceptors (Lipinski definition) is 7. The molecule has 0 radical (unpaired) electrons. The van der Waals surface area contributed by atoms with Crippen molar-refractivity contribution in [1.29, 1.82) is 0 Å². The molecule has 6 aromatic rings. The van der Waals surface area contributed by atoms with Gasteiger partial charge in [0.05, 0.1) is 22.4 Å². The third-order valence-electron chi connectivity index (χ3n) is 6.16. The SMILES string of the molecule is O=c1oc2ccccc2c2c1C(c1ccc(Cl)cc1Cl)c1c(ncn3nc(-c4cccnc4)nc13)O2. The maximum Gasteiger partial charge on any atom is 0.344 e. The maximum atomic E-state index is 13.4. The van der Waals surface area contributed by atoms with Crippen molar-refractivity contribution in [2.24, 2.45) is 0 Å². The second-order valence-electron chi connectivity index (χ2n) is 8.24. The van der Waals surface area contributed by atoms with Crippen LogP contribution in [0.4, 0.5) is 0 Å². The van der Waals surface area contributed by atoms with Crippen molar-refractivity contribution in [3.8, 4) is 23.0 Å². The Balaban J connectivity index is 1.58. The highest BCUT2D eigenvalue weighted by Crippen LogP contribution is 2.50. The summed E-state index contributed by atoms with van der Waals surface area (Å²) in [6, 6.07) is 16.0. The number of ether oxygens (including phenoxy) is 1. The van der Waals surface area contributed by atoms with E-state index in [1.54, 1.807) is 53.3 Å². The van der Waals surface area contributed by atoms with E-state index in [-0.39, 0.29) is 0 Å². The van der Waals surface area contributed by atoms with Crippen LogP contribution in [0.5, 0.6) is 11.6 Å². The van der Waals surface area contributed by atoms with Gasteiger partial charge in [-0.2, -0.15) is 0 Å². The molecule has 0 bridgehead atoms. The molecular weight excluding hydrogens is 501 g/mol. The first-order valence-electron chi connectivity index (χ1n) is 10.9. The molecule has 0 fully saturated rings. The molecular formula is C26H13Cl2N5O3. The second kappa shape index (κ2) is 7.87. The summed E-state index contributed by atoms with van der Waals surface area (Å²) in [4.78, 5) is 26.9. The number of nitrogens with zero attached hydrogens (tertiary/aromatic N) is 5. The Labute approximate surface area is 212 Å². The van der Waals surface area contributed by atoms with E-state index in [0.29, 0.717) is 60.8 Å². The van der Waals surface area contributed by atoms with E-state index in [4.69, 9.17) is 37.3 Å². The van der Waals surface area contributed by atoms with Crippen LogP contribution in [0.1, 0.15) is 22.6 Å². The average Bonchev–Trinajstić information content (AvgIpc) is 3.33. The molecule has 8 nitrogen and oxygen atoms in total. The third-order valence-corrected chi connectivity index (χ3v) is 6.72. The molecule has 5 heterocycles. The molecule has 174 valence electrons. The molecule has 0 saturated carbocycles. The smallest absolute Gasteiger partial charge is 0.344 e. The van der Waals surface area contributed by atoms with Crippen LogP contribution in [-0.2, 0) is 0 Å². The Hall–Kier alpha value is -4.27. The van der Waals surface area contributed by atoms with Gasteiger partial charge >= 0.3 is 5.63 Å². The molecule has 2 aromatic carbocycles. The minimum atomic E-state index is -0.698. The Kier molecular flexibility index (Phi) is 4.60. The van der Waals surface area contributed by atoms with Crippen molar-refractivity contribution in [3.63, 3.8) is 0 Å². The first-order valence-corrected chi connectivity index (χ1v) is 11.7. The molecule has 1 unspecified atom stereocenters. The summed E-state index contributed by atoms with van der Waals surface area (Å²) >= 11 is 12.9. The number of fused-ring (bicyclic) bond motifs is 6. The molecule has 7 rings (SSSR count). The Morgan fingerprint density at radius 2 is 1.89 bits per heavy atom. The fourth-order valence-corrected chi connectivity index (χ4v) is 5.11. The molecule has 0 spiro atoms. The Morgan fingerprint density at radius 3 is 2.72 bits per heavy atom. The summed E-state index contributed by atoms with van der Waals surface area (Å²) in [6.07, 6.45) is 4.88. The fraction of sp³-hybridized carbons (Fsp3) is 0.0385. The van der Waals surface area contributed by atoms with Gasteiger partial charge in [0.2, 0.25) is 5.88 Å². The van der Waals surface area contributed by atoms with E-state index in [9.17, 15) is 4.79 Å². The van der Waals surface area contributed by atoms with Gasteiger partial charge in [0, 0.05) is 28.0 Å². The largest absolute Gasteiger partial charge is 0.437 e. The van der Waals surface area contributed by atoms with Crippen LogP contribution in [0.25, 0.3) is 28.0 Å². The minimum Gasteiger partial charge on any atom is -0.437 e. The predicted octanol–water partition coefficient (Wildman–Crippen LogP) is 5.89. The van der Waals surface area contributed by atoms with Crippen LogP contribution >= 0.6 is 23.2 Å². The summed E-state index contributed by atoms with van der Waals surface area (Å²) < 4.78 is 13.5. The normalized spacial score (nSPS) is 14.4. The summed E-state index contributed by atoms with van der Waals surface area (Å²) in [7, 11) is 0. The lowest BCUT2D eigenvalue weighted by Gasteiger charge is -2.27. The molecule has 1 aliphatic heterocycles. The van der Waals surface area contributed by atoms with Crippen LogP contribution in [0, 0.1) is 0 Å². The minimum absolute atomic E-state index is 0.297. The molecule has 0 amide bonds. The summed E-state index contributed by atoms with van der Waals surface area (Å²) in [5, 5.41) is 6.08. The van der Waals surface area contributed by atoms with E-state index < -0.39 is 11.5 Å². The summed E-state index contributed by atoms with van der Waals surface area (Å²) in [5.41, 5.74) is 2.54. The van der Waals surface area contributed by atoms with Crippen LogP contribution in [0.15, 0.2) is 82.5 Å². The van der Waals surface area contributed by atoms with Crippen molar-refractivity contribution in [2.75, 3.05) is 0 Å². The summed E-state index contributed by atoms with van der Waals surface area (Å²) in [6.45, 7) is 0. The Morgan fingerprint density at radius 1 is 1.00 bits per heavy atom. The fourth-order valence-electron chi connectivity index (χ4n) is 4.59. The molecule has 0 aliphatic carbocycles. The van der Waals surface area contributed by atoms with Crippen molar-refractivity contribution in [2.45, 2.75) is 5.92 Å². The van der Waals surface area contributed by atoms with Gasteiger partial charge < -0.3 is 9.15 Å². The molecule has 0 saturated heterocycles. The van der Waals surface area contributed by atoms with Crippen LogP contribution in [-0.4, -0.2) is 24.6 Å². The van der Waals surface area contributed by atoms with E-state index in [1.165, 1.54) is 6.33 Å². The topological polar surface area (TPSA) is 95.4 Å². The van der Waals surface area contributed by atoms with Crippen LogP contribution < -0.4 is 10.4 Å².